The number of carboxylic acids is 1. The number of allylic oxidation sites excluding steroid dienone is 4. The molecule has 2 amide bonds. The Hall–Kier alpha value is -5.88. The average molecular weight is 993 g/mol. The van der Waals surface area contributed by atoms with Gasteiger partial charge in [0.2, 0.25) is 17.6 Å². The Labute approximate surface area is 403 Å². The number of aliphatic carboxylic acids is 1. The number of nitrogens with zero attached hydrogens (tertiary/aromatic N) is 3. The molecule has 4 aliphatic carbocycles. The van der Waals surface area contributed by atoms with Gasteiger partial charge in [-0.15, -0.1) is 0 Å². The second-order valence-corrected chi connectivity index (χ2v) is 20.9. The van der Waals surface area contributed by atoms with Crippen LogP contribution >= 0.6 is 21.6 Å². The first-order valence-electron chi connectivity index (χ1n) is 22.6. The zero-order valence-electron chi connectivity index (χ0n) is 38.0. The number of H-pyrrole nitrogens is 1. The summed E-state index contributed by atoms with van der Waals surface area (Å²) in [7, 11) is 2.56. The molecule has 3 aromatic rings. The van der Waals surface area contributed by atoms with Crippen molar-refractivity contribution in [1.29, 1.82) is 0 Å². The minimum Gasteiger partial charge on any atom is -0.480 e. The molecule has 0 saturated heterocycles. The maximum Gasteiger partial charge on any atom is 0.508 e. The Morgan fingerprint density at radius 2 is 1.81 bits per heavy atom. The molecule has 0 spiro atoms. The minimum absolute atomic E-state index is 0.0228. The zero-order chi connectivity index (χ0) is 49.7. The number of nitrogens with two attached hydrogens (primary N) is 1. The van der Waals surface area contributed by atoms with Crippen LogP contribution in [0.1, 0.15) is 74.8 Å². The molecule has 2 aromatic heterocycles. The first kappa shape index (κ1) is 51.0. The lowest BCUT2D eigenvalue weighted by atomic mass is 9.46. The van der Waals surface area contributed by atoms with E-state index >= 15 is 0 Å². The smallest absolute Gasteiger partial charge is 0.480 e. The van der Waals surface area contributed by atoms with Crippen LogP contribution in [0.3, 0.4) is 0 Å². The number of carboxylic acid groups (broad SMARTS) is 1. The van der Waals surface area contributed by atoms with E-state index in [1.807, 2.05) is 13.0 Å². The van der Waals surface area contributed by atoms with Crippen LogP contribution in [0, 0.1) is 28.6 Å². The van der Waals surface area contributed by atoms with E-state index in [1.165, 1.54) is 39.9 Å². The number of anilines is 2. The van der Waals surface area contributed by atoms with Crippen molar-refractivity contribution in [3.63, 3.8) is 0 Å². The molecule has 9 atom stereocenters. The number of nitrogen functional groups attached to an aromatic ring is 1. The Bertz CT molecular complexity index is 2600. The number of aromatic amines is 1. The lowest BCUT2D eigenvalue weighted by Gasteiger charge is -2.59. The van der Waals surface area contributed by atoms with Gasteiger partial charge in [-0.1, -0.05) is 47.1 Å². The predicted octanol–water partition coefficient (Wildman–Crippen LogP) is 2.46. The van der Waals surface area contributed by atoms with Gasteiger partial charge in [-0.2, -0.15) is 4.98 Å². The van der Waals surface area contributed by atoms with E-state index in [9.17, 15) is 54.0 Å². The van der Waals surface area contributed by atoms with E-state index in [1.54, 1.807) is 24.3 Å². The third-order valence-corrected chi connectivity index (χ3v) is 16.6. The number of ether oxygens (including phenoxy) is 2. The molecule has 0 bridgehead atoms. The number of aliphatic hydroxyl groups excluding tert-OH is 2. The highest BCUT2D eigenvalue weighted by Crippen LogP contribution is 2.67. The fourth-order valence-electron chi connectivity index (χ4n) is 10.6. The number of benzene rings is 1. The number of nitrogens with one attached hydrogen (secondary N) is 4. The fourth-order valence-corrected chi connectivity index (χ4v) is 12.7. The van der Waals surface area contributed by atoms with E-state index in [2.05, 4.69) is 42.8 Å². The lowest BCUT2D eigenvalue weighted by molar-refractivity contribution is -0.179. The quantitative estimate of drug-likeness (QED) is 0.0446. The second-order valence-electron chi connectivity index (χ2n) is 18.3. The maximum absolute atomic E-state index is 13.6. The standard InChI is InChI=1S/C46H56N8O13S2/c1-44-13-11-29(56)17-25(44)5-8-30-31-12-14-46(65,45(31,2)18-33(57)36(30)44)34(58)22-67-43(64)66-15-16-68-69-23-28(21-55)50-35(59)10-9-32(41(62)63)52-39(60)24-3-6-26(7-4-24)48-19-27-20-49-38-37(51-27)40(61)54-42(47)53-38/h3-4,6-7,11,13,17,20,28,30-33,36,48,55,57,65H,5,8-10,12,14-16,18-19,21-23H2,1-2H3,(H,50,59)(H,52,60)(H,62,63)(H3,47,49,53,54,61). The van der Waals surface area contributed by atoms with Crippen LogP contribution in [0.4, 0.5) is 16.4 Å². The Kier molecular flexibility index (Phi) is 15.8. The van der Waals surface area contributed by atoms with E-state index < -0.39 is 83.1 Å². The lowest BCUT2D eigenvalue weighted by Crippen LogP contribution is -2.61. The third-order valence-electron chi connectivity index (χ3n) is 14.1. The summed E-state index contributed by atoms with van der Waals surface area (Å²) in [6, 6.07) is 4.08. The van der Waals surface area contributed by atoms with Gasteiger partial charge in [0, 0.05) is 45.9 Å². The highest BCUT2D eigenvalue weighted by molar-refractivity contribution is 8.76. The van der Waals surface area contributed by atoms with Crippen LogP contribution < -0.4 is 27.2 Å². The fraction of sp³-hybridized carbons (Fsp3) is 0.522. The molecule has 0 radical (unpaired) electrons. The Morgan fingerprint density at radius 3 is 2.55 bits per heavy atom. The number of amides is 2. The van der Waals surface area contributed by atoms with E-state index in [-0.39, 0.29) is 90.8 Å². The van der Waals surface area contributed by atoms with Gasteiger partial charge in [0.1, 0.15) is 18.2 Å². The summed E-state index contributed by atoms with van der Waals surface area (Å²) < 4.78 is 10.3. The normalized spacial score (nSPS) is 26.6. The van der Waals surface area contributed by atoms with Gasteiger partial charge in [-0.25, -0.2) is 19.6 Å². The molecule has 9 unspecified atom stereocenters. The molecule has 3 fully saturated rings. The molecule has 10 N–H and O–H groups in total. The number of hydrogen-bond donors (Lipinski definition) is 9. The highest BCUT2D eigenvalue weighted by atomic mass is 33.1. The van der Waals surface area contributed by atoms with Crippen molar-refractivity contribution in [2.75, 3.05) is 42.4 Å². The molecule has 21 nitrogen and oxygen atoms in total. The summed E-state index contributed by atoms with van der Waals surface area (Å²) in [6.45, 7) is 2.88. The van der Waals surface area contributed by atoms with Crippen LogP contribution in [-0.2, 0) is 35.2 Å². The first-order valence-corrected chi connectivity index (χ1v) is 25.0. The second kappa shape index (κ2) is 21.4. The van der Waals surface area contributed by atoms with Gasteiger partial charge in [-0.05, 0) is 86.8 Å². The van der Waals surface area contributed by atoms with Gasteiger partial charge in [0.25, 0.3) is 11.5 Å². The number of aromatic nitrogens is 4. The summed E-state index contributed by atoms with van der Waals surface area (Å²) in [5, 5.41) is 51.3. The predicted molar refractivity (Wildman–Crippen MR) is 253 cm³/mol. The van der Waals surface area contributed by atoms with Crippen molar-refractivity contribution >= 4 is 79.9 Å². The maximum atomic E-state index is 13.6. The van der Waals surface area contributed by atoms with Crippen molar-refractivity contribution in [3.05, 3.63) is 75.9 Å². The summed E-state index contributed by atoms with van der Waals surface area (Å²) in [4.78, 5) is 103. The molecule has 0 aliphatic heterocycles. The van der Waals surface area contributed by atoms with E-state index in [0.717, 1.165) is 12.0 Å². The molecule has 7 rings (SSSR count). The van der Waals surface area contributed by atoms with Crippen LogP contribution in [0.5, 0.6) is 0 Å². The highest BCUT2D eigenvalue weighted by Gasteiger charge is 2.68. The number of ketones is 2. The molecule has 2 heterocycles. The first-order chi connectivity index (χ1) is 32.8. The molecule has 370 valence electrons. The van der Waals surface area contributed by atoms with Crippen LogP contribution in [-0.4, -0.2) is 131 Å². The van der Waals surface area contributed by atoms with Gasteiger partial charge in [-0.3, -0.25) is 29.0 Å². The molecule has 4 aliphatic rings. The molecule has 1 aromatic carbocycles. The molecule has 23 heteroatoms. The average Bonchev–Trinajstić information content (AvgIpc) is 3.59. The van der Waals surface area contributed by atoms with E-state index in [0.29, 0.717) is 30.0 Å². The number of Topliss-reactive ketones (excluding diaryl/α,β-unsaturated/α-hetero) is 1. The molecular formula is C46H56N8O13S2. The van der Waals surface area contributed by atoms with Crippen molar-refractivity contribution in [3.8, 4) is 0 Å². The van der Waals surface area contributed by atoms with Crippen molar-refractivity contribution in [1.82, 2.24) is 30.6 Å². The zero-order valence-corrected chi connectivity index (χ0v) is 39.6. The monoisotopic (exact) mass is 992 g/mol. The Morgan fingerprint density at radius 1 is 1.04 bits per heavy atom. The number of hydrogen-bond acceptors (Lipinski definition) is 19. The van der Waals surface area contributed by atoms with Gasteiger partial charge in [0.05, 0.1) is 37.2 Å². The van der Waals surface area contributed by atoms with Gasteiger partial charge >= 0.3 is 12.1 Å². The Balaban J connectivity index is 0.772. The summed E-state index contributed by atoms with van der Waals surface area (Å²) in [5.74, 6) is -3.00. The topological polar surface area (TPSA) is 335 Å². The molecular weight excluding hydrogens is 937 g/mol. The van der Waals surface area contributed by atoms with Crippen LogP contribution in [0.25, 0.3) is 11.2 Å². The summed E-state index contributed by atoms with van der Waals surface area (Å²) in [6.07, 6.45) is 6.52. The third kappa shape index (κ3) is 11.1. The largest absolute Gasteiger partial charge is 0.508 e. The van der Waals surface area contributed by atoms with Crippen LogP contribution in [0.2, 0.25) is 0 Å². The van der Waals surface area contributed by atoms with Gasteiger partial charge < -0.3 is 51.6 Å². The SMILES string of the molecule is CC12C=CC(=O)C=C1CCC1C2C(O)CC2(C)C1CCC2(O)C(=O)COC(=O)OCCSSCC(CO)NC(=O)CCC(NC(=O)c1ccc(NCc2cnc3nc(N)[nH]c(=O)c3n2)cc1)C(=O)O. The summed E-state index contributed by atoms with van der Waals surface area (Å²) >= 11 is 0. The van der Waals surface area contributed by atoms with Crippen LogP contribution in [0.15, 0.2) is 59.1 Å². The van der Waals surface area contributed by atoms with Crippen molar-refractivity contribution in [2.45, 2.75) is 89.1 Å². The van der Waals surface area contributed by atoms with Crippen molar-refractivity contribution < 1.29 is 58.7 Å². The number of fused-ring (bicyclic) bond motifs is 6. The number of aliphatic hydroxyl groups is 3. The molecule has 3 saturated carbocycles. The van der Waals surface area contributed by atoms with Gasteiger partial charge in [0.15, 0.2) is 23.6 Å². The summed E-state index contributed by atoms with van der Waals surface area (Å²) in [5.41, 5.74) is 4.11. The number of carbonyl (C=O) groups is 6. The van der Waals surface area contributed by atoms with E-state index in [4.69, 9.17) is 15.2 Å². The number of rotatable bonds is 20. The van der Waals surface area contributed by atoms with Crippen molar-refractivity contribution in [2.24, 2.45) is 28.6 Å². The minimum atomic E-state index is -1.81. The molecule has 69 heavy (non-hydrogen) atoms. The number of carbonyl (C=O) groups excluding carboxylic acids is 5.